The first kappa shape index (κ1) is 11.8. The molecule has 0 unspecified atom stereocenters. The Kier molecular flexibility index (Phi) is 4.42. The molecule has 0 saturated carbocycles. The molecule has 5 heteroatoms. The van der Waals surface area contributed by atoms with Gasteiger partial charge in [0, 0.05) is 11.0 Å². The summed E-state index contributed by atoms with van der Waals surface area (Å²) in [5.41, 5.74) is 0.637. The fraction of sp³-hybridized carbons (Fsp3) is 0.300. The molecule has 0 aromatic heterocycles. The van der Waals surface area contributed by atoms with Crippen LogP contribution >= 0.6 is 15.9 Å². The highest BCUT2D eigenvalue weighted by atomic mass is 79.9. The molecule has 1 aromatic rings. The van der Waals surface area contributed by atoms with Gasteiger partial charge in [0.25, 0.3) is 0 Å². The van der Waals surface area contributed by atoms with E-state index in [1.54, 1.807) is 19.2 Å². The van der Waals surface area contributed by atoms with Gasteiger partial charge >= 0.3 is 6.03 Å². The molecule has 2 N–H and O–H groups in total. The Morgan fingerprint density at radius 1 is 1.53 bits per heavy atom. The van der Waals surface area contributed by atoms with Gasteiger partial charge in [-0.1, -0.05) is 15.9 Å². The number of benzene rings is 1. The molecule has 1 aromatic carbocycles. The lowest BCUT2D eigenvalue weighted by Crippen LogP contribution is -2.28. The van der Waals surface area contributed by atoms with Gasteiger partial charge in [0.2, 0.25) is 0 Å². The summed E-state index contributed by atoms with van der Waals surface area (Å²) in [5, 5.41) is 5.34. The zero-order chi connectivity index (χ0) is 11.3. The van der Waals surface area contributed by atoms with Gasteiger partial charge in [0.1, 0.15) is 5.75 Å². The summed E-state index contributed by atoms with van der Waals surface area (Å²) in [4.78, 5) is 11.3. The van der Waals surface area contributed by atoms with Crippen molar-refractivity contribution in [3.8, 4) is 5.75 Å². The third-order valence-electron chi connectivity index (χ3n) is 1.75. The van der Waals surface area contributed by atoms with Crippen LogP contribution in [0.2, 0.25) is 0 Å². The van der Waals surface area contributed by atoms with Crippen molar-refractivity contribution in [2.45, 2.75) is 6.92 Å². The van der Waals surface area contributed by atoms with Crippen LogP contribution in [0.5, 0.6) is 5.75 Å². The lowest BCUT2D eigenvalue weighted by Gasteiger charge is -2.10. The maximum Gasteiger partial charge on any atom is 0.319 e. The van der Waals surface area contributed by atoms with E-state index < -0.39 is 0 Å². The predicted octanol–water partition coefficient (Wildman–Crippen LogP) is 2.60. The van der Waals surface area contributed by atoms with E-state index in [1.165, 1.54) is 0 Å². The first-order valence-electron chi connectivity index (χ1n) is 4.55. The summed E-state index contributed by atoms with van der Waals surface area (Å²) in [6, 6.07) is 5.18. The van der Waals surface area contributed by atoms with Crippen molar-refractivity contribution in [3.63, 3.8) is 0 Å². The van der Waals surface area contributed by atoms with Crippen molar-refractivity contribution in [2.24, 2.45) is 0 Å². The summed E-state index contributed by atoms with van der Waals surface area (Å²) in [5.74, 6) is 0.629. The Morgan fingerprint density at radius 2 is 2.27 bits per heavy atom. The van der Waals surface area contributed by atoms with Crippen LogP contribution in [0.25, 0.3) is 0 Å². The van der Waals surface area contributed by atoms with E-state index in [9.17, 15) is 4.79 Å². The van der Waals surface area contributed by atoms with E-state index in [0.717, 1.165) is 4.47 Å². The number of hydrogen-bond acceptors (Lipinski definition) is 2. The van der Waals surface area contributed by atoms with Crippen LogP contribution in [0.15, 0.2) is 22.7 Å². The van der Waals surface area contributed by atoms with Gasteiger partial charge in [0.05, 0.1) is 12.8 Å². The highest BCUT2D eigenvalue weighted by Gasteiger charge is 2.06. The number of carbonyl (C=O) groups excluding carboxylic acids is 1. The molecule has 15 heavy (non-hydrogen) atoms. The number of rotatable bonds is 3. The number of hydrogen-bond donors (Lipinski definition) is 2. The number of halogens is 1. The number of nitrogens with one attached hydrogen (secondary N) is 2. The van der Waals surface area contributed by atoms with Gasteiger partial charge in [-0.25, -0.2) is 4.79 Å². The van der Waals surface area contributed by atoms with E-state index in [1.807, 2.05) is 13.0 Å². The van der Waals surface area contributed by atoms with Crippen molar-refractivity contribution >= 4 is 27.6 Å². The van der Waals surface area contributed by atoms with E-state index in [0.29, 0.717) is 18.0 Å². The Morgan fingerprint density at radius 3 is 2.87 bits per heavy atom. The Bertz CT molecular complexity index is 355. The molecule has 4 nitrogen and oxygen atoms in total. The van der Waals surface area contributed by atoms with E-state index in [-0.39, 0.29) is 6.03 Å². The van der Waals surface area contributed by atoms with Gasteiger partial charge < -0.3 is 15.4 Å². The Balaban J connectivity index is 2.82. The second-order valence-corrected chi connectivity index (χ2v) is 3.74. The zero-order valence-electron chi connectivity index (χ0n) is 8.63. The molecule has 82 valence electrons. The van der Waals surface area contributed by atoms with Crippen LogP contribution in [0.1, 0.15) is 6.92 Å². The second kappa shape index (κ2) is 5.60. The summed E-state index contributed by atoms with van der Waals surface area (Å²) < 4.78 is 6.00. The van der Waals surface area contributed by atoms with Gasteiger partial charge in [-0.2, -0.15) is 0 Å². The van der Waals surface area contributed by atoms with Crippen LogP contribution in [-0.4, -0.2) is 19.7 Å². The third-order valence-corrected chi connectivity index (χ3v) is 2.24. The van der Waals surface area contributed by atoms with Crippen LogP contribution in [-0.2, 0) is 0 Å². The molecular formula is C10H13BrN2O2. The monoisotopic (exact) mass is 272 g/mol. The molecule has 0 saturated heterocycles. The molecule has 0 radical (unpaired) electrons. The number of carbonyl (C=O) groups is 1. The lowest BCUT2D eigenvalue weighted by atomic mass is 10.3. The molecule has 0 atom stereocenters. The second-order valence-electron chi connectivity index (χ2n) is 2.83. The average molecular weight is 273 g/mol. The summed E-state index contributed by atoms with van der Waals surface area (Å²) in [6.45, 7) is 2.44. The Labute approximate surface area is 97.1 Å². The van der Waals surface area contributed by atoms with Crippen molar-refractivity contribution in [2.75, 3.05) is 19.0 Å². The highest BCUT2D eigenvalue weighted by molar-refractivity contribution is 9.10. The number of amides is 2. The number of anilines is 1. The molecule has 0 bridgehead atoms. The SMILES string of the molecule is CCNC(=O)Nc1cc(Br)ccc1OC. The molecule has 0 spiro atoms. The van der Waals surface area contributed by atoms with E-state index >= 15 is 0 Å². The minimum atomic E-state index is -0.242. The fourth-order valence-electron chi connectivity index (χ4n) is 1.10. The summed E-state index contributed by atoms with van der Waals surface area (Å²) >= 11 is 3.33. The van der Waals surface area contributed by atoms with Gasteiger partial charge in [0.15, 0.2) is 0 Å². The standard InChI is InChI=1S/C10H13BrN2O2/c1-3-12-10(14)13-8-6-7(11)4-5-9(8)15-2/h4-6H,3H2,1-2H3,(H2,12,13,14). The third kappa shape index (κ3) is 3.43. The van der Waals surface area contributed by atoms with Crippen molar-refractivity contribution in [1.82, 2.24) is 5.32 Å². The number of ether oxygens (including phenoxy) is 1. The van der Waals surface area contributed by atoms with Crippen molar-refractivity contribution < 1.29 is 9.53 Å². The van der Waals surface area contributed by atoms with E-state index in [4.69, 9.17) is 4.74 Å². The maximum absolute atomic E-state index is 11.3. The Hall–Kier alpha value is -1.23. The maximum atomic E-state index is 11.3. The van der Waals surface area contributed by atoms with Crippen molar-refractivity contribution in [3.05, 3.63) is 22.7 Å². The predicted molar refractivity (Wildman–Crippen MR) is 63.4 cm³/mol. The lowest BCUT2D eigenvalue weighted by molar-refractivity contribution is 0.252. The molecule has 2 amide bonds. The zero-order valence-corrected chi connectivity index (χ0v) is 10.2. The largest absolute Gasteiger partial charge is 0.495 e. The first-order chi connectivity index (χ1) is 7.17. The summed E-state index contributed by atoms with van der Waals surface area (Å²) in [7, 11) is 1.56. The first-order valence-corrected chi connectivity index (χ1v) is 5.35. The number of urea groups is 1. The van der Waals surface area contributed by atoms with Gasteiger partial charge in [-0.3, -0.25) is 0 Å². The molecule has 0 fully saturated rings. The molecule has 1 rings (SSSR count). The highest BCUT2D eigenvalue weighted by Crippen LogP contribution is 2.27. The minimum absolute atomic E-state index is 0.242. The normalized spacial score (nSPS) is 9.53. The van der Waals surface area contributed by atoms with Crippen LogP contribution in [0, 0.1) is 0 Å². The molecule has 0 aliphatic rings. The number of methoxy groups -OCH3 is 1. The van der Waals surface area contributed by atoms with Crippen LogP contribution in [0.4, 0.5) is 10.5 Å². The van der Waals surface area contributed by atoms with E-state index in [2.05, 4.69) is 26.6 Å². The summed E-state index contributed by atoms with van der Waals surface area (Å²) in [6.07, 6.45) is 0. The fourth-order valence-corrected chi connectivity index (χ4v) is 1.47. The van der Waals surface area contributed by atoms with Gasteiger partial charge in [-0.05, 0) is 25.1 Å². The smallest absolute Gasteiger partial charge is 0.319 e. The molecule has 0 heterocycles. The molecule has 0 aliphatic heterocycles. The van der Waals surface area contributed by atoms with Crippen LogP contribution in [0.3, 0.4) is 0 Å². The minimum Gasteiger partial charge on any atom is -0.495 e. The average Bonchev–Trinajstić information content (AvgIpc) is 2.18. The molecule has 0 aliphatic carbocycles. The molecular weight excluding hydrogens is 260 g/mol. The topological polar surface area (TPSA) is 50.4 Å². The van der Waals surface area contributed by atoms with Crippen LogP contribution < -0.4 is 15.4 Å². The van der Waals surface area contributed by atoms with Crippen molar-refractivity contribution in [1.29, 1.82) is 0 Å². The van der Waals surface area contributed by atoms with Gasteiger partial charge in [-0.15, -0.1) is 0 Å². The quantitative estimate of drug-likeness (QED) is 0.889.